The number of amides is 2. The minimum Gasteiger partial charge on any atom is -0.289 e. The van der Waals surface area contributed by atoms with Crippen molar-refractivity contribution in [2.24, 2.45) is 0 Å². The number of carbonyl (C=O) groups is 3. The van der Waals surface area contributed by atoms with Crippen LogP contribution in [0.1, 0.15) is 36.6 Å². The molecule has 0 radical (unpaired) electrons. The van der Waals surface area contributed by atoms with E-state index in [0.29, 0.717) is 27.3 Å². The molecule has 0 heterocycles. The molecule has 27 heavy (non-hydrogen) atoms. The molecule has 3 rings (SSSR count). The van der Waals surface area contributed by atoms with Crippen LogP contribution < -0.4 is 10.9 Å². The normalized spacial score (nSPS) is 10.1. The molecule has 134 valence electrons. The van der Waals surface area contributed by atoms with Crippen LogP contribution in [-0.4, -0.2) is 17.6 Å². The van der Waals surface area contributed by atoms with Crippen LogP contribution in [0.2, 0.25) is 5.02 Å². The first-order valence-electron chi connectivity index (χ1n) is 8.10. The van der Waals surface area contributed by atoms with E-state index in [0.717, 1.165) is 0 Å². The molecular formula is C21H15ClN2O3. The van der Waals surface area contributed by atoms with Crippen molar-refractivity contribution in [2.75, 3.05) is 0 Å². The van der Waals surface area contributed by atoms with Crippen molar-refractivity contribution >= 4 is 29.2 Å². The molecule has 2 N–H and O–H groups in total. The molecule has 0 bridgehead atoms. The number of hydrazine groups is 1. The number of nitrogens with one attached hydrogen (secondary N) is 2. The zero-order valence-corrected chi connectivity index (χ0v) is 14.9. The molecule has 0 saturated heterocycles. The van der Waals surface area contributed by atoms with Crippen molar-refractivity contribution < 1.29 is 14.4 Å². The predicted octanol–water partition coefficient (Wildman–Crippen LogP) is 3.65. The lowest BCUT2D eigenvalue weighted by Crippen LogP contribution is -2.41. The number of rotatable bonds is 4. The Morgan fingerprint density at radius 2 is 1.11 bits per heavy atom. The van der Waals surface area contributed by atoms with Crippen molar-refractivity contribution in [3.05, 3.63) is 106 Å². The van der Waals surface area contributed by atoms with Crippen LogP contribution in [0.5, 0.6) is 0 Å². The van der Waals surface area contributed by atoms with Gasteiger partial charge in [0.05, 0.1) is 0 Å². The van der Waals surface area contributed by atoms with Crippen LogP contribution in [0, 0.1) is 0 Å². The fourth-order valence-electron chi connectivity index (χ4n) is 2.42. The monoisotopic (exact) mass is 378 g/mol. The molecule has 6 heteroatoms. The molecule has 0 aliphatic rings. The van der Waals surface area contributed by atoms with E-state index >= 15 is 0 Å². The van der Waals surface area contributed by atoms with E-state index in [1.165, 1.54) is 18.2 Å². The number of hydrogen-bond donors (Lipinski definition) is 2. The van der Waals surface area contributed by atoms with Crippen molar-refractivity contribution in [1.29, 1.82) is 0 Å². The summed E-state index contributed by atoms with van der Waals surface area (Å²) in [6.45, 7) is 0. The van der Waals surface area contributed by atoms with E-state index in [1.54, 1.807) is 54.6 Å². The van der Waals surface area contributed by atoms with E-state index < -0.39 is 11.8 Å². The molecule has 2 amide bonds. The molecule has 5 nitrogen and oxygen atoms in total. The van der Waals surface area contributed by atoms with Crippen LogP contribution >= 0.6 is 11.6 Å². The highest BCUT2D eigenvalue weighted by Gasteiger charge is 2.12. The highest BCUT2D eigenvalue weighted by atomic mass is 35.5. The summed E-state index contributed by atoms with van der Waals surface area (Å²) in [7, 11) is 0. The first-order chi connectivity index (χ1) is 13.0. The standard InChI is InChI=1S/C21H15ClN2O3/c22-18-8-4-7-17(13-18)21(27)24-23-20(26)16-11-9-15(10-12-16)19(25)14-5-2-1-3-6-14/h1-13H,(H,23,26)(H,24,27). The van der Waals surface area contributed by atoms with E-state index in [2.05, 4.69) is 10.9 Å². The summed E-state index contributed by atoms with van der Waals surface area (Å²) in [5, 5.41) is 0.424. The Balaban J connectivity index is 1.62. The second-order valence-corrected chi connectivity index (χ2v) is 6.13. The number of benzene rings is 3. The average Bonchev–Trinajstić information content (AvgIpc) is 2.72. The highest BCUT2D eigenvalue weighted by Crippen LogP contribution is 2.12. The van der Waals surface area contributed by atoms with Gasteiger partial charge in [0.2, 0.25) is 0 Å². The summed E-state index contributed by atoms with van der Waals surface area (Å²) >= 11 is 5.84. The molecule has 3 aromatic carbocycles. The van der Waals surface area contributed by atoms with Crippen molar-refractivity contribution in [3.8, 4) is 0 Å². The first kappa shape index (κ1) is 18.4. The number of hydrogen-bond acceptors (Lipinski definition) is 3. The summed E-state index contributed by atoms with van der Waals surface area (Å²) in [6.07, 6.45) is 0. The fourth-order valence-corrected chi connectivity index (χ4v) is 2.61. The van der Waals surface area contributed by atoms with Gasteiger partial charge in [-0.2, -0.15) is 0 Å². The third-order valence-electron chi connectivity index (χ3n) is 3.82. The van der Waals surface area contributed by atoms with Crippen LogP contribution in [-0.2, 0) is 0 Å². The lowest BCUT2D eigenvalue weighted by molar-refractivity contribution is 0.0846. The van der Waals surface area contributed by atoms with E-state index in [1.807, 2.05) is 6.07 Å². The van der Waals surface area contributed by atoms with Crippen molar-refractivity contribution in [2.45, 2.75) is 0 Å². The van der Waals surface area contributed by atoms with Crippen molar-refractivity contribution in [3.63, 3.8) is 0 Å². The Morgan fingerprint density at radius 3 is 1.74 bits per heavy atom. The molecular weight excluding hydrogens is 364 g/mol. The molecule has 0 saturated carbocycles. The van der Waals surface area contributed by atoms with Gasteiger partial charge in [-0.15, -0.1) is 0 Å². The first-order valence-corrected chi connectivity index (χ1v) is 8.48. The van der Waals surface area contributed by atoms with Gasteiger partial charge in [0, 0.05) is 27.3 Å². The number of ketones is 1. The van der Waals surface area contributed by atoms with E-state index in [-0.39, 0.29) is 5.78 Å². The van der Waals surface area contributed by atoms with Gasteiger partial charge >= 0.3 is 0 Å². The molecule has 0 fully saturated rings. The van der Waals surface area contributed by atoms with E-state index in [4.69, 9.17) is 11.6 Å². The third kappa shape index (κ3) is 4.59. The summed E-state index contributed by atoms with van der Waals surface area (Å²) in [4.78, 5) is 36.5. The zero-order chi connectivity index (χ0) is 19.2. The van der Waals surface area contributed by atoms with Crippen LogP contribution in [0.3, 0.4) is 0 Å². The number of carbonyl (C=O) groups excluding carboxylic acids is 3. The minimum atomic E-state index is -0.496. The number of halogens is 1. The molecule has 0 aliphatic carbocycles. The van der Waals surface area contributed by atoms with Gasteiger partial charge in [0.15, 0.2) is 5.78 Å². The van der Waals surface area contributed by atoms with Gasteiger partial charge < -0.3 is 0 Å². The molecule has 0 aromatic heterocycles. The summed E-state index contributed by atoms with van der Waals surface area (Å²) in [6, 6.07) is 21.4. The van der Waals surface area contributed by atoms with E-state index in [9.17, 15) is 14.4 Å². The van der Waals surface area contributed by atoms with Gasteiger partial charge in [-0.3, -0.25) is 25.2 Å². The maximum atomic E-state index is 12.4. The smallest absolute Gasteiger partial charge is 0.269 e. The SMILES string of the molecule is O=C(NNC(=O)c1cccc(Cl)c1)c1ccc(C(=O)c2ccccc2)cc1. The van der Waals surface area contributed by atoms with Crippen LogP contribution in [0.15, 0.2) is 78.9 Å². The second kappa shape index (κ2) is 8.29. The Labute approximate surface area is 160 Å². The lowest BCUT2D eigenvalue weighted by atomic mass is 10.0. The summed E-state index contributed by atoms with van der Waals surface area (Å²) < 4.78 is 0. The minimum absolute atomic E-state index is 0.128. The zero-order valence-electron chi connectivity index (χ0n) is 14.1. The van der Waals surface area contributed by atoms with Crippen LogP contribution in [0.4, 0.5) is 0 Å². The highest BCUT2D eigenvalue weighted by molar-refractivity contribution is 6.31. The Kier molecular flexibility index (Phi) is 5.64. The quantitative estimate of drug-likeness (QED) is 0.537. The second-order valence-electron chi connectivity index (χ2n) is 5.69. The fraction of sp³-hybridized carbons (Fsp3) is 0. The Hall–Kier alpha value is -3.44. The summed E-state index contributed by atoms with van der Waals surface area (Å²) in [5.41, 5.74) is 6.34. The maximum absolute atomic E-state index is 12.4. The molecule has 3 aromatic rings. The van der Waals surface area contributed by atoms with Gasteiger partial charge in [0.1, 0.15) is 0 Å². The van der Waals surface area contributed by atoms with Gasteiger partial charge in [-0.05, 0) is 30.3 Å². The summed E-state index contributed by atoms with van der Waals surface area (Å²) in [5.74, 6) is -1.11. The van der Waals surface area contributed by atoms with Gasteiger partial charge in [0.25, 0.3) is 11.8 Å². The average molecular weight is 379 g/mol. The molecule has 0 spiro atoms. The maximum Gasteiger partial charge on any atom is 0.269 e. The lowest BCUT2D eigenvalue weighted by Gasteiger charge is -2.08. The largest absolute Gasteiger partial charge is 0.289 e. The Morgan fingerprint density at radius 1 is 0.593 bits per heavy atom. The van der Waals surface area contributed by atoms with Gasteiger partial charge in [-0.1, -0.05) is 60.1 Å². The van der Waals surface area contributed by atoms with Crippen LogP contribution in [0.25, 0.3) is 0 Å². The predicted molar refractivity (Wildman–Crippen MR) is 103 cm³/mol. The Bertz CT molecular complexity index is 986. The molecule has 0 unspecified atom stereocenters. The van der Waals surface area contributed by atoms with Gasteiger partial charge in [-0.25, -0.2) is 0 Å². The molecule has 0 atom stereocenters. The van der Waals surface area contributed by atoms with Crippen molar-refractivity contribution in [1.82, 2.24) is 10.9 Å². The molecule has 0 aliphatic heterocycles. The topological polar surface area (TPSA) is 75.3 Å². The third-order valence-corrected chi connectivity index (χ3v) is 4.06.